The lowest BCUT2D eigenvalue weighted by atomic mass is 9.88. The van der Waals surface area contributed by atoms with Gasteiger partial charge < -0.3 is 14.5 Å². The van der Waals surface area contributed by atoms with Gasteiger partial charge in [-0.3, -0.25) is 9.59 Å². The molecule has 0 N–H and O–H groups in total. The number of halogens is 3. The number of piperidine rings is 1. The van der Waals surface area contributed by atoms with Crippen LogP contribution in [0.5, 0.6) is 0 Å². The fraction of sp³-hybridized carbons (Fsp3) is 0.368. The summed E-state index contributed by atoms with van der Waals surface area (Å²) >= 11 is 0. The summed E-state index contributed by atoms with van der Waals surface area (Å²) < 4.78 is 46.9. The number of likely N-dealkylation sites (tertiary alicyclic amines) is 1. The van der Waals surface area contributed by atoms with Gasteiger partial charge in [-0.05, 0) is 43.2 Å². The van der Waals surface area contributed by atoms with Crippen molar-refractivity contribution in [3.63, 3.8) is 0 Å². The monoisotopic (exact) mass is 406 g/mol. The molecule has 1 aromatic heterocycles. The van der Waals surface area contributed by atoms with Crippen molar-refractivity contribution in [1.82, 2.24) is 14.9 Å². The predicted molar refractivity (Wildman–Crippen MR) is 94.7 cm³/mol. The van der Waals surface area contributed by atoms with E-state index in [4.69, 9.17) is 4.74 Å². The second-order valence-electron chi connectivity index (χ2n) is 7.03. The normalized spacial score (nSPS) is 20.7. The van der Waals surface area contributed by atoms with E-state index < -0.39 is 29.3 Å². The minimum Gasteiger partial charge on any atom is -0.336 e. The number of benzene rings is 1. The van der Waals surface area contributed by atoms with Crippen LogP contribution in [0.2, 0.25) is 0 Å². The number of carbonyl (C=O) groups excluding carboxylic acids is 2. The van der Waals surface area contributed by atoms with E-state index in [0.29, 0.717) is 0 Å². The third-order valence-corrected chi connectivity index (χ3v) is 5.14. The quantitative estimate of drug-likeness (QED) is 0.765. The van der Waals surface area contributed by atoms with Crippen molar-refractivity contribution < 1.29 is 27.5 Å². The van der Waals surface area contributed by atoms with Crippen LogP contribution in [0.25, 0.3) is 0 Å². The molecule has 2 aliphatic heterocycles. The van der Waals surface area contributed by atoms with Crippen LogP contribution in [0.15, 0.2) is 42.7 Å². The summed E-state index contributed by atoms with van der Waals surface area (Å²) in [5.74, 6) is -2.40. The molecule has 3 heterocycles. The van der Waals surface area contributed by atoms with Crippen LogP contribution in [0, 0.1) is 5.82 Å². The number of carbonyl (C=O) groups is 2. The number of ether oxygens (including phenoxy) is 1. The molecule has 0 aliphatic carbocycles. The van der Waals surface area contributed by atoms with Crippen LogP contribution in [0.1, 0.15) is 23.5 Å². The summed E-state index contributed by atoms with van der Waals surface area (Å²) in [6.07, 6.45) is -0.912. The molecule has 4 rings (SSSR count). The van der Waals surface area contributed by atoms with E-state index in [0.717, 1.165) is 17.0 Å². The first-order valence-corrected chi connectivity index (χ1v) is 9.02. The van der Waals surface area contributed by atoms with Crippen LogP contribution in [0.4, 0.5) is 18.9 Å². The van der Waals surface area contributed by atoms with Gasteiger partial charge >= 0.3 is 12.0 Å². The highest BCUT2D eigenvalue weighted by Crippen LogP contribution is 2.40. The van der Waals surface area contributed by atoms with E-state index in [1.54, 1.807) is 6.07 Å². The van der Waals surface area contributed by atoms with Gasteiger partial charge in [0, 0.05) is 31.2 Å². The van der Waals surface area contributed by atoms with E-state index in [-0.39, 0.29) is 44.0 Å². The Morgan fingerprint density at radius 2 is 1.69 bits per heavy atom. The molecule has 7 nitrogen and oxygen atoms in total. The molecule has 2 amide bonds. The van der Waals surface area contributed by atoms with Crippen LogP contribution in [0.3, 0.4) is 0 Å². The van der Waals surface area contributed by atoms with Gasteiger partial charge in [0.1, 0.15) is 5.82 Å². The lowest BCUT2D eigenvalue weighted by Gasteiger charge is -2.48. The average Bonchev–Trinajstić information content (AvgIpc) is 2.72. The molecule has 0 unspecified atom stereocenters. The lowest BCUT2D eigenvalue weighted by molar-refractivity contribution is -0.292. The van der Waals surface area contributed by atoms with E-state index in [9.17, 15) is 22.8 Å². The molecule has 152 valence electrons. The van der Waals surface area contributed by atoms with E-state index in [1.807, 2.05) is 0 Å². The van der Waals surface area contributed by atoms with Crippen molar-refractivity contribution in [1.29, 1.82) is 0 Å². The number of hydrogen-bond acceptors (Lipinski definition) is 5. The maximum absolute atomic E-state index is 14.4. The minimum atomic E-state index is -4.01. The van der Waals surface area contributed by atoms with Gasteiger partial charge in [-0.2, -0.15) is 8.78 Å². The van der Waals surface area contributed by atoms with Crippen molar-refractivity contribution >= 4 is 17.5 Å². The second-order valence-corrected chi connectivity index (χ2v) is 7.03. The maximum Gasteiger partial charge on any atom is 0.437 e. The van der Waals surface area contributed by atoms with Crippen molar-refractivity contribution in [2.24, 2.45) is 0 Å². The maximum atomic E-state index is 14.4. The third-order valence-electron chi connectivity index (χ3n) is 5.14. The van der Waals surface area contributed by atoms with E-state index >= 15 is 0 Å². The van der Waals surface area contributed by atoms with Gasteiger partial charge in [0.25, 0.3) is 5.91 Å². The predicted octanol–water partition coefficient (Wildman–Crippen LogP) is 2.25. The molecular formula is C19H17F3N4O3. The standard InChI is InChI=1S/C19H17F3N4O3/c20-13-2-4-14(5-3-13)26-12-18(29-19(21,22)17(26)28)6-10-25(11-7-18)16(27)15-23-8-1-9-24-15/h1-5,8-9H,6-7,10-12H2. The summed E-state index contributed by atoms with van der Waals surface area (Å²) in [6.45, 7) is 0.189. The molecule has 2 fully saturated rings. The second kappa shape index (κ2) is 7.11. The average molecular weight is 406 g/mol. The fourth-order valence-corrected chi connectivity index (χ4v) is 3.62. The number of morpholine rings is 1. The highest BCUT2D eigenvalue weighted by atomic mass is 19.3. The Balaban J connectivity index is 1.53. The van der Waals surface area contributed by atoms with Gasteiger partial charge in [-0.1, -0.05) is 0 Å². The van der Waals surface area contributed by atoms with Crippen molar-refractivity contribution in [2.45, 2.75) is 24.6 Å². The van der Waals surface area contributed by atoms with Gasteiger partial charge in [-0.15, -0.1) is 0 Å². The number of amides is 2. The molecule has 0 atom stereocenters. The summed E-state index contributed by atoms with van der Waals surface area (Å²) in [7, 11) is 0. The highest BCUT2D eigenvalue weighted by molar-refractivity contribution is 5.98. The Morgan fingerprint density at radius 3 is 2.31 bits per heavy atom. The molecule has 1 spiro atoms. The highest BCUT2D eigenvalue weighted by Gasteiger charge is 2.57. The first-order chi connectivity index (χ1) is 13.8. The van der Waals surface area contributed by atoms with Gasteiger partial charge in [0.15, 0.2) is 0 Å². The van der Waals surface area contributed by atoms with Crippen LogP contribution in [-0.4, -0.2) is 58.0 Å². The number of rotatable bonds is 2. The summed E-state index contributed by atoms with van der Waals surface area (Å²) in [4.78, 5) is 34.9. The minimum absolute atomic E-state index is 0.0291. The lowest BCUT2D eigenvalue weighted by Crippen LogP contribution is -2.65. The summed E-state index contributed by atoms with van der Waals surface area (Å²) in [5.41, 5.74) is -1.16. The molecule has 2 saturated heterocycles. The Labute approximate surface area is 164 Å². The largest absolute Gasteiger partial charge is 0.437 e. The van der Waals surface area contributed by atoms with Crippen molar-refractivity contribution in [2.75, 3.05) is 24.5 Å². The zero-order valence-electron chi connectivity index (χ0n) is 15.2. The SMILES string of the molecule is O=C(c1ncccn1)N1CCC2(CC1)CN(c1ccc(F)cc1)C(=O)C(F)(F)O2. The molecule has 2 aromatic rings. The molecule has 0 saturated carbocycles. The van der Waals surface area contributed by atoms with Crippen molar-refractivity contribution in [3.8, 4) is 0 Å². The van der Waals surface area contributed by atoms with E-state index in [2.05, 4.69) is 9.97 Å². The van der Waals surface area contributed by atoms with Crippen LogP contribution in [-0.2, 0) is 9.53 Å². The fourth-order valence-electron chi connectivity index (χ4n) is 3.62. The Bertz CT molecular complexity index is 916. The third kappa shape index (κ3) is 3.67. The molecule has 29 heavy (non-hydrogen) atoms. The molecule has 2 aliphatic rings. The molecular weight excluding hydrogens is 389 g/mol. The zero-order valence-corrected chi connectivity index (χ0v) is 15.2. The van der Waals surface area contributed by atoms with Crippen molar-refractivity contribution in [3.05, 3.63) is 54.4 Å². The first kappa shape index (κ1) is 19.3. The number of nitrogens with zero attached hydrogens (tertiary/aromatic N) is 4. The summed E-state index contributed by atoms with van der Waals surface area (Å²) in [5, 5.41) is 0. The first-order valence-electron chi connectivity index (χ1n) is 9.02. The smallest absolute Gasteiger partial charge is 0.336 e. The number of hydrogen-bond donors (Lipinski definition) is 0. The van der Waals surface area contributed by atoms with Gasteiger partial charge in [-0.25, -0.2) is 14.4 Å². The Morgan fingerprint density at radius 1 is 1.07 bits per heavy atom. The molecule has 10 heteroatoms. The van der Waals surface area contributed by atoms with Crippen LogP contribution >= 0.6 is 0 Å². The van der Waals surface area contributed by atoms with Gasteiger partial charge in [0.2, 0.25) is 5.82 Å². The molecule has 0 radical (unpaired) electrons. The van der Waals surface area contributed by atoms with Gasteiger partial charge in [0.05, 0.1) is 12.1 Å². The Hall–Kier alpha value is -3.01. The number of anilines is 1. The molecule has 0 bridgehead atoms. The van der Waals surface area contributed by atoms with Crippen LogP contribution < -0.4 is 4.90 Å². The Kier molecular flexibility index (Phi) is 4.73. The zero-order chi connectivity index (χ0) is 20.6. The summed E-state index contributed by atoms with van der Waals surface area (Å²) in [6, 6.07) is 6.33. The number of alkyl halides is 2. The molecule has 1 aromatic carbocycles. The number of aromatic nitrogens is 2. The topological polar surface area (TPSA) is 75.6 Å². The van der Waals surface area contributed by atoms with E-state index in [1.165, 1.54) is 29.4 Å².